The maximum absolute atomic E-state index is 13.1. The average Bonchev–Trinajstić information content (AvgIpc) is 3.00. The van der Waals surface area contributed by atoms with Gasteiger partial charge < -0.3 is 14.6 Å². The monoisotopic (exact) mass is 277 g/mol. The Morgan fingerprint density at radius 3 is 3.16 bits per heavy atom. The summed E-state index contributed by atoms with van der Waals surface area (Å²) < 4.78 is 18.6. The van der Waals surface area contributed by atoms with Gasteiger partial charge in [0.05, 0.1) is 0 Å². The molecule has 2 heterocycles. The fourth-order valence-electron chi connectivity index (χ4n) is 2.19. The van der Waals surface area contributed by atoms with E-state index in [0.717, 1.165) is 0 Å². The zero-order valence-electron chi connectivity index (χ0n) is 10.0. The van der Waals surface area contributed by atoms with Crippen LogP contribution in [0.1, 0.15) is 12.8 Å². The van der Waals surface area contributed by atoms with Gasteiger partial charge in [-0.25, -0.2) is 4.39 Å². The normalized spacial score (nSPS) is 22.4. The molecule has 1 aromatic carbocycles. The molecule has 0 bridgehead atoms. The zero-order valence-corrected chi connectivity index (χ0v) is 10.9. The summed E-state index contributed by atoms with van der Waals surface area (Å²) in [6.07, 6.45) is 4.58. The Morgan fingerprint density at radius 1 is 1.42 bits per heavy atom. The Labute approximate surface area is 113 Å². The molecule has 0 radical (unpaired) electrons. The van der Waals surface area contributed by atoms with Crippen LogP contribution in [0.2, 0.25) is 0 Å². The number of rotatable bonds is 3. The van der Waals surface area contributed by atoms with Gasteiger partial charge >= 0.3 is 0 Å². The number of thioether (sulfide) groups is 1. The summed E-state index contributed by atoms with van der Waals surface area (Å²) in [5, 5.41) is 5.32. The van der Waals surface area contributed by atoms with E-state index >= 15 is 0 Å². The lowest BCUT2D eigenvalue weighted by molar-refractivity contribution is 0.368. The second kappa shape index (κ2) is 4.16. The van der Waals surface area contributed by atoms with Crippen molar-refractivity contribution in [3.05, 3.63) is 35.6 Å². The molecule has 1 N–H and O–H groups in total. The first kappa shape index (κ1) is 11.2. The van der Waals surface area contributed by atoms with Crippen molar-refractivity contribution in [3.8, 4) is 0 Å². The first-order valence-electron chi connectivity index (χ1n) is 6.22. The van der Waals surface area contributed by atoms with Gasteiger partial charge in [-0.3, -0.25) is 0 Å². The summed E-state index contributed by atoms with van der Waals surface area (Å²) >= 11 is 1.69. The molecule has 1 aliphatic heterocycles. The van der Waals surface area contributed by atoms with Gasteiger partial charge in [-0.1, -0.05) is 11.8 Å². The first-order chi connectivity index (χ1) is 9.29. The number of hydrogen-bond donors (Lipinski definition) is 1. The van der Waals surface area contributed by atoms with Gasteiger partial charge in [0.2, 0.25) is 0 Å². The van der Waals surface area contributed by atoms with E-state index in [0.29, 0.717) is 23.2 Å². The summed E-state index contributed by atoms with van der Waals surface area (Å²) in [6, 6.07) is 5.43. The molecule has 0 saturated heterocycles. The van der Waals surface area contributed by atoms with Crippen LogP contribution in [0.15, 0.2) is 34.2 Å². The lowest BCUT2D eigenvalue weighted by Crippen LogP contribution is -2.33. The summed E-state index contributed by atoms with van der Waals surface area (Å²) in [5.74, 6) is -0.313. The molecule has 4 rings (SSSR count). The fraction of sp³-hybridized carbons (Fsp3) is 0.308. The molecule has 98 valence electrons. The van der Waals surface area contributed by atoms with Crippen LogP contribution < -0.4 is 5.32 Å². The number of fused-ring (bicyclic) bond motifs is 1. The summed E-state index contributed by atoms with van der Waals surface area (Å²) in [5.41, 5.74) is 1.25. The van der Waals surface area contributed by atoms with Crippen LogP contribution in [0, 0.1) is 5.82 Å². The van der Waals surface area contributed by atoms with Crippen molar-refractivity contribution in [2.75, 3.05) is 5.32 Å². The van der Waals surface area contributed by atoms with Gasteiger partial charge in [-0.15, -0.1) is 0 Å². The van der Waals surface area contributed by atoms with Crippen LogP contribution in [0.3, 0.4) is 0 Å². The van der Waals surface area contributed by atoms with Crippen molar-refractivity contribution in [2.24, 2.45) is 0 Å². The van der Waals surface area contributed by atoms with Crippen LogP contribution in [0.25, 0.3) is 11.1 Å². The number of nitrogens with one attached hydrogen (secondary N) is 1. The van der Waals surface area contributed by atoms with Crippen molar-refractivity contribution < 1.29 is 8.81 Å². The smallest absolute Gasteiger partial charge is 0.298 e. The third-order valence-electron chi connectivity index (χ3n) is 3.28. The maximum Gasteiger partial charge on any atom is 0.298 e. The van der Waals surface area contributed by atoms with Crippen LogP contribution in [0.5, 0.6) is 0 Å². The largest absolute Gasteiger partial charge is 0.423 e. The average molecular weight is 277 g/mol. The van der Waals surface area contributed by atoms with Gasteiger partial charge in [-0.05, 0) is 30.4 Å². The van der Waals surface area contributed by atoms with Gasteiger partial charge in [0.15, 0.2) is 11.1 Å². The molecule has 1 atom stereocenters. The Kier molecular flexibility index (Phi) is 2.44. The quantitative estimate of drug-likeness (QED) is 0.931. The molecule has 1 aliphatic carbocycles. The van der Waals surface area contributed by atoms with Crippen LogP contribution in [0.4, 0.5) is 10.4 Å². The minimum absolute atomic E-state index is 0.116. The fourth-order valence-corrected chi connectivity index (χ4v) is 3.10. The SMILES string of the molecule is Fc1ccc2nc(NC3SC=CN3C3CC3)oc2c1. The summed E-state index contributed by atoms with van der Waals surface area (Å²) in [7, 11) is 0. The highest BCUT2D eigenvalue weighted by Crippen LogP contribution is 2.37. The standard InChI is InChI=1S/C13H12FN3OS/c14-8-1-4-10-11(7-8)18-12(15-10)16-13-17(5-6-19-13)9-2-3-9/h1,4-7,9,13H,2-3H2,(H,15,16). The third-order valence-corrected chi connectivity index (χ3v) is 4.18. The number of aromatic nitrogens is 1. The molecule has 19 heavy (non-hydrogen) atoms. The highest BCUT2D eigenvalue weighted by molar-refractivity contribution is 8.03. The molecule has 4 nitrogen and oxygen atoms in total. The predicted octanol–water partition coefficient (Wildman–Crippen LogP) is 3.34. The minimum Gasteiger partial charge on any atom is -0.423 e. The molecule has 1 unspecified atom stereocenters. The molecule has 2 aromatic rings. The van der Waals surface area contributed by atoms with Crippen molar-refractivity contribution in [2.45, 2.75) is 24.4 Å². The Morgan fingerprint density at radius 2 is 2.32 bits per heavy atom. The number of oxazole rings is 1. The first-order valence-corrected chi connectivity index (χ1v) is 7.16. The molecular formula is C13H12FN3OS. The molecule has 1 fully saturated rings. The lowest BCUT2D eigenvalue weighted by atomic mass is 10.3. The highest BCUT2D eigenvalue weighted by atomic mass is 32.2. The van der Waals surface area contributed by atoms with Gasteiger partial charge in [0.25, 0.3) is 6.01 Å². The van der Waals surface area contributed by atoms with E-state index in [1.807, 2.05) is 0 Å². The predicted molar refractivity (Wildman–Crippen MR) is 73.0 cm³/mol. The van der Waals surface area contributed by atoms with Crippen LogP contribution >= 0.6 is 11.8 Å². The Hall–Kier alpha value is -1.69. The van der Waals surface area contributed by atoms with Gasteiger partial charge in [0.1, 0.15) is 11.3 Å². The van der Waals surface area contributed by atoms with E-state index in [1.165, 1.54) is 25.0 Å². The van der Waals surface area contributed by atoms with Gasteiger partial charge in [0, 0.05) is 18.3 Å². The van der Waals surface area contributed by atoms with E-state index in [2.05, 4.69) is 26.8 Å². The summed E-state index contributed by atoms with van der Waals surface area (Å²) in [6.45, 7) is 0. The number of nitrogens with zero attached hydrogens (tertiary/aromatic N) is 2. The molecule has 2 aliphatic rings. The summed E-state index contributed by atoms with van der Waals surface area (Å²) in [4.78, 5) is 6.60. The van der Waals surface area contributed by atoms with E-state index in [1.54, 1.807) is 17.8 Å². The highest BCUT2D eigenvalue weighted by Gasteiger charge is 2.34. The zero-order chi connectivity index (χ0) is 12.8. The second-order valence-electron chi connectivity index (χ2n) is 4.73. The number of anilines is 1. The number of hydrogen-bond acceptors (Lipinski definition) is 5. The Bertz CT molecular complexity index is 652. The van der Waals surface area contributed by atoms with Crippen molar-refractivity contribution in [3.63, 3.8) is 0 Å². The second-order valence-corrected chi connectivity index (χ2v) is 5.72. The molecule has 0 spiro atoms. The number of halogens is 1. The molecule has 0 amide bonds. The Balaban J connectivity index is 1.57. The van der Waals surface area contributed by atoms with Gasteiger partial charge in [-0.2, -0.15) is 4.98 Å². The van der Waals surface area contributed by atoms with Crippen LogP contribution in [-0.4, -0.2) is 21.4 Å². The topological polar surface area (TPSA) is 41.3 Å². The van der Waals surface area contributed by atoms with Crippen molar-refractivity contribution in [1.29, 1.82) is 0 Å². The van der Waals surface area contributed by atoms with E-state index in [-0.39, 0.29) is 11.3 Å². The van der Waals surface area contributed by atoms with Crippen molar-refractivity contribution >= 4 is 28.9 Å². The molecular weight excluding hydrogens is 265 g/mol. The minimum atomic E-state index is -0.313. The molecule has 1 aromatic heterocycles. The van der Waals surface area contributed by atoms with Crippen LogP contribution in [-0.2, 0) is 0 Å². The van der Waals surface area contributed by atoms with E-state index < -0.39 is 0 Å². The maximum atomic E-state index is 13.1. The lowest BCUT2D eigenvalue weighted by Gasteiger charge is -2.24. The molecule has 1 saturated carbocycles. The van der Waals surface area contributed by atoms with Crippen molar-refractivity contribution in [1.82, 2.24) is 9.88 Å². The van der Waals surface area contributed by atoms with E-state index in [4.69, 9.17) is 4.42 Å². The third kappa shape index (κ3) is 2.06. The number of benzene rings is 1. The van der Waals surface area contributed by atoms with E-state index in [9.17, 15) is 4.39 Å². The molecule has 6 heteroatoms.